The summed E-state index contributed by atoms with van der Waals surface area (Å²) in [5.74, 6) is -0.612. The molecule has 38 heavy (non-hydrogen) atoms. The zero-order valence-corrected chi connectivity index (χ0v) is 21.4. The van der Waals surface area contributed by atoms with Crippen molar-refractivity contribution in [3.8, 4) is 0 Å². The maximum atomic E-state index is 12.7. The summed E-state index contributed by atoms with van der Waals surface area (Å²) in [6.07, 6.45) is -1.53. The van der Waals surface area contributed by atoms with E-state index in [0.717, 1.165) is 5.56 Å². The van der Waals surface area contributed by atoms with Crippen molar-refractivity contribution in [2.45, 2.75) is 37.1 Å². The molecule has 1 unspecified atom stereocenters. The highest BCUT2D eigenvalue weighted by atomic mass is 35.5. The Kier molecular flexibility index (Phi) is 6.16. The number of aromatic nitrogens is 2. The Balaban J connectivity index is 1.33. The van der Waals surface area contributed by atoms with Gasteiger partial charge in [-0.05, 0) is 43.3 Å². The van der Waals surface area contributed by atoms with E-state index in [-0.39, 0.29) is 23.7 Å². The second-order valence-electron chi connectivity index (χ2n) is 9.22. The molecule has 0 amide bonds. The Labute approximate surface area is 225 Å². The number of carbonyl (C=O) groups is 1. The first-order valence-corrected chi connectivity index (χ1v) is 12.4. The van der Waals surface area contributed by atoms with Gasteiger partial charge in [-0.15, -0.1) is 0 Å². The number of nitrogens with zero attached hydrogens (tertiary/aromatic N) is 1. The molecule has 10 nitrogen and oxygen atoms in total. The second kappa shape index (κ2) is 9.40. The molecular formula is C26H21Cl2N3O7. The van der Waals surface area contributed by atoms with Crippen LogP contribution in [0, 0.1) is 0 Å². The molecule has 4 heterocycles. The number of benzene rings is 2. The number of hydrogen-bond donors (Lipinski definition) is 2. The molecule has 0 saturated carbocycles. The van der Waals surface area contributed by atoms with Crippen molar-refractivity contribution in [2.75, 3.05) is 12.3 Å². The Bertz CT molecular complexity index is 1570. The van der Waals surface area contributed by atoms with E-state index in [1.54, 1.807) is 48.5 Å². The van der Waals surface area contributed by atoms with Crippen LogP contribution in [-0.2, 0) is 18.9 Å². The van der Waals surface area contributed by atoms with E-state index in [4.69, 9.17) is 52.3 Å². The summed E-state index contributed by atoms with van der Waals surface area (Å²) < 4.78 is 30.2. The molecule has 0 spiro atoms. The molecule has 2 saturated heterocycles. The molecule has 2 aromatic carbocycles. The van der Waals surface area contributed by atoms with Gasteiger partial charge in [-0.25, -0.2) is 9.78 Å². The Morgan fingerprint density at radius 2 is 1.79 bits per heavy atom. The SMILES string of the molecule is C[C@@]12OC(c3ccc(Cl)cc3)O[C@@H]1[C@@H](COC(=O)c1ccc(Cl)cc1)O[C@H]2c1coc2c(=O)[nH]c(N)nc12. The quantitative estimate of drug-likeness (QED) is 0.337. The number of nitrogens with two attached hydrogens (primary N) is 1. The number of anilines is 1. The monoisotopic (exact) mass is 557 g/mol. The number of hydrogen-bond acceptors (Lipinski definition) is 9. The van der Waals surface area contributed by atoms with Gasteiger partial charge in [0.1, 0.15) is 36.0 Å². The van der Waals surface area contributed by atoms with Crippen LogP contribution in [0.15, 0.2) is 64.0 Å². The number of H-pyrrole nitrogens is 1. The van der Waals surface area contributed by atoms with Crippen LogP contribution in [0.3, 0.4) is 0 Å². The maximum Gasteiger partial charge on any atom is 0.338 e. The number of ether oxygens (including phenoxy) is 4. The molecular weight excluding hydrogens is 537 g/mol. The van der Waals surface area contributed by atoms with Crippen LogP contribution in [0.2, 0.25) is 10.0 Å². The van der Waals surface area contributed by atoms with Gasteiger partial charge in [0, 0.05) is 21.2 Å². The molecule has 4 aromatic rings. The first kappa shape index (κ1) is 24.9. The molecule has 2 aliphatic rings. The topological polar surface area (TPSA) is 139 Å². The fourth-order valence-electron chi connectivity index (χ4n) is 4.89. The van der Waals surface area contributed by atoms with Crippen LogP contribution in [0.25, 0.3) is 11.1 Å². The molecule has 0 radical (unpaired) electrons. The summed E-state index contributed by atoms with van der Waals surface area (Å²) >= 11 is 12.0. The fourth-order valence-corrected chi connectivity index (χ4v) is 5.15. The summed E-state index contributed by atoms with van der Waals surface area (Å²) in [5, 5.41) is 1.08. The largest absolute Gasteiger partial charge is 0.459 e. The van der Waals surface area contributed by atoms with Crippen LogP contribution in [0.1, 0.15) is 40.8 Å². The molecule has 0 bridgehead atoms. The lowest BCUT2D eigenvalue weighted by molar-refractivity contribution is -0.157. The zero-order valence-electron chi connectivity index (χ0n) is 19.9. The smallest absolute Gasteiger partial charge is 0.338 e. The van der Waals surface area contributed by atoms with E-state index >= 15 is 0 Å². The zero-order chi connectivity index (χ0) is 26.6. The maximum absolute atomic E-state index is 12.7. The van der Waals surface area contributed by atoms with E-state index in [1.807, 2.05) is 6.92 Å². The van der Waals surface area contributed by atoms with Crippen molar-refractivity contribution in [2.24, 2.45) is 0 Å². The van der Waals surface area contributed by atoms with Gasteiger partial charge in [-0.3, -0.25) is 9.78 Å². The number of halogens is 2. The van der Waals surface area contributed by atoms with Gasteiger partial charge in [0.15, 0.2) is 6.29 Å². The van der Waals surface area contributed by atoms with Gasteiger partial charge in [0.2, 0.25) is 11.5 Å². The van der Waals surface area contributed by atoms with Gasteiger partial charge in [0.05, 0.1) is 11.8 Å². The highest BCUT2D eigenvalue weighted by Crippen LogP contribution is 2.54. The number of furan rings is 1. The number of fused-ring (bicyclic) bond motifs is 2. The van der Waals surface area contributed by atoms with Crippen LogP contribution in [0.5, 0.6) is 0 Å². The van der Waals surface area contributed by atoms with Gasteiger partial charge in [-0.2, -0.15) is 0 Å². The minimum atomic E-state index is -1.07. The summed E-state index contributed by atoms with van der Waals surface area (Å²) in [5.41, 5.74) is 5.99. The van der Waals surface area contributed by atoms with Crippen molar-refractivity contribution < 1.29 is 28.2 Å². The van der Waals surface area contributed by atoms with E-state index in [1.165, 1.54) is 6.26 Å². The van der Waals surface area contributed by atoms with Crippen LogP contribution >= 0.6 is 23.2 Å². The summed E-state index contributed by atoms with van der Waals surface area (Å²) in [7, 11) is 0. The number of nitrogen functional groups attached to an aromatic ring is 1. The van der Waals surface area contributed by atoms with Crippen LogP contribution in [0.4, 0.5) is 5.95 Å². The third-order valence-electron chi connectivity index (χ3n) is 6.72. The van der Waals surface area contributed by atoms with Crippen molar-refractivity contribution in [3.63, 3.8) is 0 Å². The molecule has 12 heteroatoms. The lowest BCUT2D eigenvalue weighted by Gasteiger charge is -2.27. The molecule has 2 aliphatic heterocycles. The predicted molar refractivity (Wildman–Crippen MR) is 137 cm³/mol. The van der Waals surface area contributed by atoms with Crippen molar-refractivity contribution in [1.82, 2.24) is 9.97 Å². The Hall–Kier alpha value is -3.41. The van der Waals surface area contributed by atoms with Gasteiger partial charge < -0.3 is 29.1 Å². The van der Waals surface area contributed by atoms with Crippen molar-refractivity contribution >= 4 is 46.2 Å². The Morgan fingerprint density at radius 1 is 1.11 bits per heavy atom. The normalized spacial score (nSPS) is 26.5. The average Bonchev–Trinajstić information content (AvgIpc) is 3.53. The number of carbonyl (C=O) groups excluding carboxylic acids is 1. The number of nitrogens with one attached hydrogen (secondary N) is 1. The first-order chi connectivity index (χ1) is 18.2. The summed E-state index contributed by atoms with van der Waals surface area (Å²) in [6, 6.07) is 13.4. The van der Waals surface area contributed by atoms with E-state index in [2.05, 4.69) is 9.97 Å². The highest BCUT2D eigenvalue weighted by molar-refractivity contribution is 6.30. The molecule has 0 aliphatic carbocycles. The fraction of sp³-hybridized carbons (Fsp3) is 0.269. The highest BCUT2D eigenvalue weighted by Gasteiger charge is 2.62. The summed E-state index contributed by atoms with van der Waals surface area (Å²) in [4.78, 5) is 31.7. The summed E-state index contributed by atoms with van der Waals surface area (Å²) in [6.45, 7) is 1.70. The first-order valence-electron chi connectivity index (χ1n) is 11.7. The van der Waals surface area contributed by atoms with Gasteiger partial charge in [-0.1, -0.05) is 35.3 Å². The molecule has 6 rings (SSSR count). The molecule has 3 N–H and O–H groups in total. The van der Waals surface area contributed by atoms with Crippen molar-refractivity contribution in [1.29, 1.82) is 0 Å². The minimum Gasteiger partial charge on any atom is -0.459 e. The van der Waals surface area contributed by atoms with Crippen molar-refractivity contribution in [3.05, 3.63) is 91.9 Å². The van der Waals surface area contributed by atoms with E-state index in [0.29, 0.717) is 21.2 Å². The molecule has 196 valence electrons. The lowest BCUT2D eigenvalue weighted by Crippen LogP contribution is -2.41. The third kappa shape index (κ3) is 4.24. The predicted octanol–water partition coefficient (Wildman–Crippen LogP) is 4.57. The van der Waals surface area contributed by atoms with E-state index < -0.39 is 41.7 Å². The second-order valence-corrected chi connectivity index (χ2v) is 10.1. The molecule has 2 fully saturated rings. The standard InChI is InChI=1S/C26H21Cl2N3O7/c1-26-20(16-10-34-19-18(16)30-25(29)31-22(19)32)36-17(11-35-23(33)12-2-6-14(27)7-3-12)21(26)37-24(38-26)13-4-8-15(28)9-5-13/h2-10,17,20-21,24H,11H2,1H3,(H3,29,30,31,32)/t17-,20+,21-,24?,26+/m1/s1. The Morgan fingerprint density at radius 3 is 2.50 bits per heavy atom. The van der Waals surface area contributed by atoms with E-state index in [9.17, 15) is 9.59 Å². The number of esters is 1. The van der Waals surface area contributed by atoms with Gasteiger partial charge >= 0.3 is 5.97 Å². The third-order valence-corrected chi connectivity index (χ3v) is 7.22. The van der Waals surface area contributed by atoms with Gasteiger partial charge in [0.25, 0.3) is 5.56 Å². The van der Waals surface area contributed by atoms with Crippen LogP contribution < -0.4 is 11.3 Å². The number of rotatable bonds is 5. The lowest BCUT2D eigenvalue weighted by atomic mass is 9.89. The minimum absolute atomic E-state index is 0.00346. The molecule has 5 atom stereocenters. The average molecular weight is 558 g/mol. The number of aromatic amines is 1. The van der Waals surface area contributed by atoms with Crippen LogP contribution in [-0.4, -0.2) is 40.4 Å². The molecule has 2 aromatic heterocycles.